The molecule has 0 saturated heterocycles. The van der Waals surface area contributed by atoms with E-state index in [1.807, 2.05) is 12.1 Å². The molecule has 1 atom stereocenters. The average molecular weight is 235 g/mol. The minimum Gasteiger partial charge on any atom is -0.0843 e. The van der Waals surface area contributed by atoms with Gasteiger partial charge in [0.25, 0.3) is 0 Å². The molecular formula is C15H19Cl. The number of halogens is 1. The zero-order valence-corrected chi connectivity index (χ0v) is 10.5. The molecule has 0 bridgehead atoms. The van der Waals surface area contributed by atoms with Crippen LogP contribution in [0.2, 0.25) is 5.02 Å². The van der Waals surface area contributed by atoms with Gasteiger partial charge < -0.3 is 0 Å². The van der Waals surface area contributed by atoms with Gasteiger partial charge in [0, 0.05) is 5.02 Å². The first-order valence-corrected chi connectivity index (χ1v) is 6.91. The van der Waals surface area contributed by atoms with Crippen molar-refractivity contribution >= 4 is 11.6 Å². The molecule has 1 spiro atoms. The van der Waals surface area contributed by atoms with Gasteiger partial charge in [-0.05, 0) is 61.1 Å². The maximum atomic E-state index is 5.95. The molecule has 0 N–H and O–H groups in total. The first kappa shape index (κ1) is 10.7. The average Bonchev–Trinajstić information content (AvgIpc) is 2.28. The molecule has 0 nitrogen and oxygen atoms in total. The van der Waals surface area contributed by atoms with E-state index in [1.165, 1.54) is 50.5 Å². The molecule has 3 rings (SSSR count). The maximum Gasteiger partial charge on any atom is 0.0406 e. The van der Waals surface area contributed by atoms with Crippen LogP contribution in [0.4, 0.5) is 0 Å². The minimum absolute atomic E-state index is 0.739. The summed E-state index contributed by atoms with van der Waals surface area (Å²) < 4.78 is 0. The lowest BCUT2D eigenvalue weighted by atomic mass is 9.57. The third-order valence-corrected chi connectivity index (χ3v) is 4.95. The monoisotopic (exact) mass is 234 g/mol. The minimum atomic E-state index is 0.739. The largest absolute Gasteiger partial charge is 0.0843 e. The summed E-state index contributed by atoms with van der Waals surface area (Å²) in [7, 11) is 0. The number of hydrogen-bond donors (Lipinski definition) is 0. The van der Waals surface area contributed by atoms with Crippen LogP contribution in [-0.4, -0.2) is 0 Å². The van der Waals surface area contributed by atoms with E-state index in [4.69, 9.17) is 11.6 Å². The standard InChI is InChI=1S/C15H19Cl/c16-14-6-4-12(5-7-14)13-3-1-8-15(11-13)9-2-10-15/h4-7,13H,1-3,8-11H2. The van der Waals surface area contributed by atoms with Gasteiger partial charge in [0.1, 0.15) is 0 Å². The molecule has 1 aromatic carbocycles. The van der Waals surface area contributed by atoms with Crippen molar-refractivity contribution in [3.8, 4) is 0 Å². The van der Waals surface area contributed by atoms with E-state index < -0.39 is 0 Å². The SMILES string of the molecule is Clc1ccc(C2CCCC3(CCC3)C2)cc1. The van der Waals surface area contributed by atoms with Crippen LogP contribution in [0.3, 0.4) is 0 Å². The second-order valence-corrected chi connectivity index (χ2v) is 6.13. The third kappa shape index (κ3) is 1.88. The molecule has 1 aromatic rings. The van der Waals surface area contributed by atoms with Gasteiger partial charge in [-0.15, -0.1) is 0 Å². The Morgan fingerprint density at radius 1 is 1.00 bits per heavy atom. The maximum absolute atomic E-state index is 5.95. The molecule has 16 heavy (non-hydrogen) atoms. The first-order valence-electron chi connectivity index (χ1n) is 6.53. The van der Waals surface area contributed by atoms with E-state index >= 15 is 0 Å². The molecule has 2 fully saturated rings. The van der Waals surface area contributed by atoms with Gasteiger partial charge in [0.05, 0.1) is 0 Å². The predicted octanol–water partition coefficient (Wildman–Crippen LogP) is 5.17. The van der Waals surface area contributed by atoms with Crippen molar-refractivity contribution in [2.24, 2.45) is 5.41 Å². The predicted molar refractivity (Wildman–Crippen MR) is 68.9 cm³/mol. The second kappa shape index (κ2) is 4.07. The molecule has 0 amide bonds. The summed E-state index contributed by atoms with van der Waals surface area (Å²) in [4.78, 5) is 0. The fourth-order valence-electron chi connectivity index (χ4n) is 3.60. The van der Waals surface area contributed by atoms with Crippen LogP contribution in [0.5, 0.6) is 0 Å². The van der Waals surface area contributed by atoms with Crippen molar-refractivity contribution in [3.63, 3.8) is 0 Å². The van der Waals surface area contributed by atoms with Crippen molar-refractivity contribution in [3.05, 3.63) is 34.9 Å². The molecule has 0 heterocycles. The Hall–Kier alpha value is -0.490. The fourth-order valence-corrected chi connectivity index (χ4v) is 3.73. The van der Waals surface area contributed by atoms with E-state index in [0.717, 1.165) is 16.4 Å². The highest BCUT2D eigenvalue weighted by molar-refractivity contribution is 6.30. The molecule has 2 saturated carbocycles. The molecular weight excluding hydrogens is 216 g/mol. The zero-order chi connectivity index (χ0) is 11.0. The van der Waals surface area contributed by atoms with Gasteiger partial charge in [-0.25, -0.2) is 0 Å². The third-order valence-electron chi connectivity index (χ3n) is 4.69. The lowest BCUT2D eigenvalue weighted by Crippen LogP contribution is -2.34. The Balaban J connectivity index is 1.76. The molecule has 2 aliphatic rings. The summed E-state index contributed by atoms with van der Waals surface area (Å²) in [6.45, 7) is 0. The van der Waals surface area contributed by atoms with Gasteiger partial charge in [-0.3, -0.25) is 0 Å². The summed E-state index contributed by atoms with van der Waals surface area (Å²) in [6, 6.07) is 8.53. The highest BCUT2D eigenvalue weighted by atomic mass is 35.5. The molecule has 0 aromatic heterocycles. The molecule has 1 unspecified atom stereocenters. The zero-order valence-electron chi connectivity index (χ0n) is 9.71. The summed E-state index contributed by atoms with van der Waals surface area (Å²) in [5.74, 6) is 0.798. The Labute approximate surface area is 103 Å². The molecule has 0 aliphatic heterocycles. The van der Waals surface area contributed by atoms with Crippen molar-refractivity contribution < 1.29 is 0 Å². The number of hydrogen-bond acceptors (Lipinski definition) is 0. The van der Waals surface area contributed by atoms with Crippen LogP contribution in [0, 0.1) is 5.41 Å². The van der Waals surface area contributed by atoms with Crippen molar-refractivity contribution in [2.75, 3.05) is 0 Å². The lowest BCUT2D eigenvalue weighted by molar-refractivity contribution is 0.0657. The molecule has 2 aliphatic carbocycles. The summed E-state index contributed by atoms with van der Waals surface area (Å²) in [5.41, 5.74) is 2.25. The van der Waals surface area contributed by atoms with Crippen molar-refractivity contribution in [1.29, 1.82) is 0 Å². The smallest absolute Gasteiger partial charge is 0.0406 e. The van der Waals surface area contributed by atoms with Gasteiger partial charge in [-0.1, -0.05) is 36.6 Å². The normalized spacial score (nSPS) is 27.7. The fraction of sp³-hybridized carbons (Fsp3) is 0.600. The summed E-state index contributed by atoms with van der Waals surface area (Å²) in [6.07, 6.45) is 10.1. The van der Waals surface area contributed by atoms with E-state index in [9.17, 15) is 0 Å². The van der Waals surface area contributed by atoms with Crippen LogP contribution >= 0.6 is 11.6 Å². The Bertz CT molecular complexity index is 362. The highest BCUT2D eigenvalue weighted by Gasteiger charge is 2.41. The van der Waals surface area contributed by atoms with Crippen LogP contribution in [0.1, 0.15) is 56.4 Å². The van der Waals surface area contributed by atoms with Crippen LogP contribution in [-0.2, 0) is 0 Å². The van der Waals surface area contributed by atoms with Gasteiger partial charge in [0.15, 0.2) is 0 Å². The van der Waals surface area contributed by atoms with Crippen molar-refractivity contribution in [2.45, 2.75) is 50.9 Å². The van der Waals surface area contributed by atoms with Crippen LogP contribution in [0.25, 0.3) is 0 Å². The quantitative estimate of drug-likeness (QED) is 0.629. The number of benzene rings is 1. The summed E-state index contributed by atoms with van der Waals surface area (Å²) >= 11 is 5.95. The Morgan fingerprint density at radius 3 is 2.31 bits per heavy atom. The lowest BCUT2D eigenvalue weighted by Gasteiger charge is -2.48. The summed E-state index contributed by atoms with van der Waals surface area (Å²) in [5, 5.41) is 0.859. The van der Waals surface area contributed by atoms with Crippen LogP contribution in [0.15, 0.2) is 24.3 Å². The van der Waals surface area contributed by atoms with E-state index in [0.29, 0.717) is 0 Å². The second-order valence-electron chi connectivity index (χ2n) is 5.70. The molecule has 1 heteroatoms. The Kier molecular flexibility index (Phi) is 2.71. The van der Waals surface area contributed by atoms with Crippen molar-refractivity contribution in [1.82, 2.24) is 0 Å². The highest BCUT2D eigenvalue weighted by Crippen LogP contribution is 2.55. The Morgan fingerprint density at radius 2 is 1.69 bits per heavy atom. The topological polar surface area (TPSA) is 0 Å². The molecule has 0 radical (unpaired) electrons. The first-order chi connectivity index (χ1) is 7.77. The number of rotatable bonds is 1. The molecule has 86 valence electrons. The van der Waals surface area contributed by atoms with Crippen LogP contribution < -0.4 is 0 Å². The van der Waals surface area contributed by atoms with Gasteiger partial charge >= 0.3 is 0 Å². The van der Waals surface area contributed by atoms with E-state index in [1.54, 1.807) is 0 Å². The van der Waals surface area contributed by atoms with E-state index in [2.05, 4.69) is 12.1 Å². The van der Waals surface area contributed by atoms with Gasteiger partial charge in [0.2, 0.25) is 0 Å². The van der Waals surface area contributed by atoms with Gasteiger partial charge in [-0.2, -0.15) is 0 Å². The van der Waals surface area contributed by atoms with E-state index in [-0.39, 0.29) is 0 Å².